The van der Waals surface area contributed by atoms with Crippen molar-refractivity contribution >= 4 is 28.9 Å². The van der Waals surface area contributed by atoms with E-state index in [2.05, 4.69) is 20.9 Å². The number of aromatic nitrogens is 1. The van der Waals surface area contributed by atoms with E-state index in [1.54, 1.807) is 62.4 Å². The highest BCUT2D eigenvalue weighted by Gasteiger charge is 2.27. The third kappa shape index (κ3) is 7.13. The number of hydrogen-bond donors (Lipinski definition) is 4. The molecule has 0 spiro atoms. The monoisotopic (exact) mass is 504 g/mol. The molecular weight excluding hydrogens is 471 g/mol. The Bertz CT molecular complexity index is 1250. The minimum atomic E-state index is -1.05. The highest BCUT2D eigenvalue weighted by molar-refractivity contribution is 6.01. The molecule has 1 atom stereocenters. The Labute approximate surface area is 216 Å². The Kier molecular flexibility index (Phi) is 8.18. The van der Waals surface area contributed by atoms with E-state index in [9.17, 15) is 19.1 Å². The van der Waals surface area contributed by atoms with Crippen LogP contribution in [0.15, 0.2) is 67.0 Å². The van der Waals surface area contributed by atoms with Gasteiger partial charge >= 0.3 is 0 Å². The highest BCUT2D eigenvalue weighted by Crippen LogP contribution is 2.29. The summed E-state index contributed by atoms with van der Waals surface area (Å²) in [5.74, 6) is -0.829. The summed E-state index contributed by atoms with van der Waals surface area (Å²) in [6, 6.07) is 14.6. The van der Waals surface area contributed by atoms with E-state index in [4.69, 9.17) is 0 Å². The van der Waals surface area contributed by atoms with E-state index in [-0.39, 0.29) is 17.5 Å². The van der Waals surface area contributed by atoms with Crippen LogP contribution in [0.3, 0.4) is 0 Å². The smallest absolute Gasteiger partial charge is 0.252 e. The Morgan fingerprint density at radius 2 is 1.81 bits per heavy atom. The van der Waals surface area contributed by atoms with Gasteiger partial charge in [0.2, 0.25) is 5.91 Å². The molecule has 1 aliphatic carbocycles. The third-order valence-corrected chi connectivity index (χ3v) is 6.68. The Hall–Kier alpha value is -3.78. The molecule has 0 unspecified atom stereocenters. The fraction of sp³-hybridized carbons (Fsp3) is 0.345. The molecule has 1 saturated carbocycles. The number of pyridine rings is 1. The first kappa shape index (κ1) is 26.3. The lowest BCUT2D eigenvalue weighted by Gasteiger charge is -2.23. The largest absolute Gasteiger partial charge is 0.386 e. The molecule has 0 bridgehead atoms. The molecule has 4 rings (SSSR count). The predicted octanol–water partition coefficient (Wildman–Crippen LogP) is 5.51. The van der Waals surface area contributed by atoms with E-state index in [1.807, 2.05) is 0 Å². The number of hydrogen-bond acceptors (Lipinski definition) is 5. The van der Waals surface area contributed by atoms with Crippen molar-refractivity contribution in [2.45, 2.75) is 57.6 Å². The summed E-state index contributed by atoms with van der Waals surface area (Å²) >= 11 is 0. The summed E-state index contributed by atoms with van der Waals surface area (Å²) in [4.78, 5) is 30.3. The molecule has 2 amide bonds. The van der Waals surface area contributed by atoms with E-state index in [0.717, 1.165) is 31.9 Å². The van der Waals surface area contributed by atoms with Crippen LogP contribution in [-0.2, 0) is 10.4 Å². The van der Waals surface area contributed by atoms with Crippen LogP contribution in [0.4, 0.5) is 21.5 Å². The van der Waals surface area contributed by atoms with Crippen molar-refractivity contribution in [3.05, 3.63) is 83.9 Å². The number of nitrogens with one attached hydrogen (secondary N) is 3. The summed E-state index contributed by atoms with van der Waals surface area (Å²) in [7, 11) is 0. The number of carbonyl (C=O) groups is 2. The van der Waals surface area contributed by atoms with Gasteiger partial charge in [0.05, 0.1) is 17.5 Å². The van der Waals surface area contributed by atoms with Gasteiger partial charge in [0.25, 0.3) is 5.91 Å². The summed E-state index contributed by atoms with van der Waals surface area (Å²) in [5, 5.41) is 19.1. The fourth-order valence-electron chi connectivity index (χ4n) is 4.63. The van der Waals surface area contributed by atoms with Crippen LogP contribution in [0, 0.1) is 11.7 Å². The lowest BCUT2D eigenvalue weighted by atomic mass is 9.96. The van der Waals surface area contributed by atoms with Gasteiger partial charge in [-0.2, -0.15) is 0 Å². The van der Waals surface area contributed by atoms with Crippen LogP contribution in [0.5, 0.6) is 0 Å². The second-order valence-corrected chi connectivity index (χ2v) is 10.1. The van der Waals surface area contributed by atoms with Crippen molar-refractivity contribution in [1.82, 2.24) is 10.3 Å². The second kappa shape index (κ2) is 11.5. The zero-order valence-corrected chi connectivity index (χ0v) is 21.1. The van der Waals surface area contributed by atoms with Crippen LogP contribution in [0.2, 0.25) is 0 Å². The molecular formula is C29H33FN4O3. The lowest BCUT2D eigenvalue weighted by Crippen LogP contribution is -2.44. The summed E-state index contributed by atoms with van der Waals surface area (Å²) in [6.07, 6.45) is 7.45. The van der Waals surface area contributed by atoms with Gasteiger partial charge in [0.15, 0.2) is 5.82 Å². The van der Waals surface area contributed by atoms with Crippen molar-refractivity contribution in [2.75, 3.05) is 10.6 Å². The van der Waals surface area contributed by atoms with E-state index in [1.165, 1.54) is 12.3 Å². The molecule has 194 valence electrons. The first-order chi connectivity index (χ1) is 17.7. The van der Waals surface area contributed by atoms with Crippen LogP contribution in [-0.4, -0.2) is 27.9 Å². The van der Waals surface area contributed by atoms with E-state index < -0.39 is 17.5 Å². The van der Waals surface area contributed by atoms with E-state index >= 15 is 0 Å². The molecule has 1 aliphatic rings. The summed E-state index contributed by atoms with van der Waals surface area (Å²) in [6.45, 7) is 3.37. The molecule has 8 heteroatoms. The van der Waals surface area contributed by atoms with Gasteiger partial charge in [0, 0.05) is 23.1 Å². The fourth-order valence-corrected chi connectivity index (χ4v) is 4.63. The molecule has 1 aromatic heterocycles. The van der Waals surface area contributed by atoms with Crippen molar-refractivity contribution < 1.29 is 19.1 Å². The molecule has 1 fully saturated rings. The number of carbonyl (C=O) groups excluding carboxylic acids is 2. The SMILES string of the molecule is CC(C)(O)c1cccc(NC(=O)[C@H](CC2CCCC2)NC(=O)c2cccc(Nc3ccncc3F)c2)c1. The quantitative estimate of drug-likeness (QED) is 0.308. The van der Waals surface area contributed by atoms with Gasteiger partial charge in [-0.05, 0) is 68.1 Å². The van der Waals surface area contributed by atoms with Crippen LogP contribution < -0.4 is 16.0 Å². The minimum absolute atomic E-state index is 0.249. The summed E-state index contributed by atoms with van der Waals surface area (Å²) in [5.41, 5.74) is 1.33. The second-order valence-electron chi connectivity index (χ2n) is 10.1. The zero-order valence-electron chi connectivity index (χ0n) is 21.1. The predicted molar refractivity (Wildman–Crippen MR) is 142 cm³/mol. The minimum Gasteiger partial charge on any atom is -0.386 e. The molecule has 0 radical (unpaired) electrons. The highest BCUT2D eigenvalue weighted by atomic mass is 19.1. The number of amides is 2. The number of benzene rings is 2. The molecule has 2 aromatic carbocycles. The standard InChI is InChI=1S/C29H33FN4O3/c1-29(2,37)21-10-6-12-23(17-21)33-28(36)26(15-19-7-3-4-8-19)34-27(35)20-9-5-11-22(16-20)32-25-13-14-31-18-24(25)30/h5-6,9-14,16-19,26,37H,3-4,7-8,15H2,1-2H3,(H,31,32)(H,33,36)(H,34,35)/t26-/m0/s1. The lowest BCUT2D eigenvalue weighted by molar-refractivity contribution is -0.118. The Morgan fingerprint density at radius 1 is 1.08 bits per heavy atom. The topological polar surface area (TPSA) is 103 Å². The van der Waals surface area contributed by atoms with Gasteiger partial charge in [-0.3, -0.25) is 14.6 Å². The molecule has 0 aliphatic heterocycles. The third-order valence-electron chi connectivity index (χ3n) is 6.68. The first-order valence-corrected chi connectivity index (χ1v) is 12.6. The van der Waals surface area contributed by atoms with Gasteiger partial charge < -0.3 is 21.1 Å². The zero-order chi connectivity index (χ0) is 26.4. The number of rotatable bonds is 9. The van der Waals surface area contributed by atoms with Crippen molar-refractivity contribution in [2.24, 2.45) is 5.92 Å². The van der Waals surface area contributed by atoms with Crippen molar-refractivity contribution in [3.63, 3.8) is 0 Å². The average molecular weight is 505 g/mol. The van der Waals surface area contributed by atoms with Crippen molar-refractivity contribution in [1.29, 1.82) is 0 Å². The van der Waals surface area contributed by atoms with Gasteiger partial charge in [-0.1, -0.05) is 43.9 Å². The molecule has 0 saturated heterocycles. The molecule has 3 aromatic rings. The Morgan fingerprint density at radius 3 is 2.54 bits per heavy atom. The van der Waals surface area contributed by atoms with Gasteiger partial charge in [-0.15, -0.1) is 0 Å². The van der Waals surface area contributed by atoms with Crippen LogP contribution in [0.1, 0.15) is 61.9 Å². The van der Waals surface area contributed by atoms with Crippen LogP contribution in [0.25, 0.3) is 0 Å². The number of halogens is 1. The number of anilines is 3. The number of aliphatic hydroxyl groups is 1. The maximum Gasteiger partial charge on any atom is 0.252 e. The molecule has 4 N–H and O–H groups in total. The molecule has 1 heterocycles. The molecule has 7 nitrogen and oxygen atoms in total. The van der Waals surface area contributed by atoms with Gasteiger partial charge in [-0.25, -0.2) is 4.39 Å². The van der Waals surface area contributed by atoms with E-state index in [0.29, 0.717) is 34.8 Å². The van der Waals surface area contributed by atoms with Crippen molar-refractivity contribution in [3.8, 4) is 0 Å². The van der Waals surface area contributed by atoms with Crippen LogP contribution >= 0.6 is 0 Å². The first-order valence-electron chi connectivity index (χ1n) is 12.6. The summed E-state index contributed by atoms with van der Waals surface area (Å²) < 4.78 is 14.0. The van der Waals surface area contributed by atoms with Gasteiger partial charge in [0.1, 0.15) is 6.04 Å². The maximum absolute atomic E-state index is 14.0. The Balaban J connectivity index is 1.49. The average Bonchev–Trinajstić information content (AvgIpc) is 3.38. The maximum atomic E-state index is 14.0. The number of nitrogens with zero attached hydrogens (tertiary/aromatic N) is 1. The molecule has 37 heavy (non-hydrogen) atoms. The normalized spacial score (nSPS) is 14.7.